The van der Waals surface area contributed by atoms with Crippen molar-refractivity contribution < 1.29 is 9.72 Å². The quantitative estimate of drug-likeness (QED) is 0.495. The van der Waals surface area contributed by atoms with Gasteiger partial charge in [0.05, 0.1) is 4.92 Å². The number of non-ortho nitro benzene ring substituents is 1. The third kappa shape index (κ3) is 4.98. The molecule has 1 rings (SSSR count). The van der Waals surface area contributed by atoms with E-state index in [9.17, 15) is 14.9 Å². The summed E-state index contributed by atoms with van der Waals surface area (Å²) in [6.07, 6.45) is 1.82. The summed E-state index contributed by atoms with van der Waals surface area (Å²) < 4.78 is 0. The van der Waals surface area contributed by atoms with Gasteiger partial charge in [0.15, 0.2) is 0 Å². The summed E-state index contributed by atoms with van der Waals surface area (Å²) in [6, 6.07) is 4.39. The Morgan fingerprint density at radius 3 is 2.74 bits per heavy atom. The number of aryl methyl sites for hydroxylation is 1. The molecule has 104 valence electrons. The number of halogens is 1. The van der Waals surface area contributed by atoms with Crippen molar-refractivity contribution in [2.45, 2.75) is 31.5 Å². The lowest BCUT2D eigenvalue weighted by molar-refractivity contribution is -0.384. The van der Waals surface area contributed by atoms with Crippen LogP contribution in [0.25, 0.3) is 0 Å². The lowest BCUT2D eigenvalue weighted by atomic mass is 10.1. The van der Waals surface area contributed by atoms with Crippen LogP contribution in [0.2, 0.25) is 0 Å². The van der Waals surface area contributed by atoms with Crippen LogP contribution in [0, 0.1) is 17.0 Å². The number of hydrogen-bond acceptors (Lipinski definition) is 3. The highest BCUT2D eigenvalue weighted by Gasteiger charge is 2.13. The Balaban J connectivity index is 2.69. The molecule has 1 aromatic rings. The number of benzene rings is 1. The Labute approximate surface area is 120 Å². The molecule has 0 saturated heterocycles. The van der Waals surface area contributed by atoms with Crippen molar-refractivity contribution in [1.29, 1.82) is 0 Å². The molecule has 1 amide bonds. The Hall–Kier alpha value is -1.43. The van der Waals surface area contributed by atoms with Crippen molar-refractivity contribution in [3.8, 4) is 0 Å². The van der Waals surface area contributed by atoms with Crippen LogP contribution in [-0.2, 0) is 0 Å². The molecule has 1 aromatic carbocycles. The van der Waals surface area contributed by atoms with Gasteiger partial charge in [0, 0.05) is 29.1 Å². The van der Waals surface area contributed by atoms with Crippen LogP contribution in [-0.4, -0.2) is 22.2 Å². The van der Waals surface area contributed by atoms with Gasteiger partial charge < -0.3 is 5.32 Å². The number of hydrogen-bond donors (Lipinski definition) is 1. The van der Waals surface area contributed by atoms with Gasteiger partial charge in [-0.05, 0) is 31.4 Å². The molecule has 6 heteroatoms. The lowest BCUT2D eigenvalue weighted by Gasteiger charge is -2.08. The largest absolute Gasteiger partial charge is 0.352 e. The van der Waals surface area contributed by atoms with E-state index >= 15 is 0 Å². The maximum atomic E-state index is 11.9. The summed E-state index contributed by atoms with van der Waals surface area (Å²) in [5.41, 5.74) is 0.970. The zero-order chi connectivity index (χ0) is 14.4. The zero-order valence-electron chi connectivity index (χ0n) is 11.0. The number of amides is 1. The van der Waals surface area contributed by atoms with Gasteiger partial charge in [-0.3, -0.25) is 14.9 Å². The predicted molar refractivity (Wildman–Crippen MR) is 77.8 cm³/mol. The Morgan fingerprint density at radius 2 is 2.16 bits per heavy atom. The minimum Gasteiger partial charge on any atom is -0.352 e. The highest BCUT2D eigenvalue weighted by molar-refractivity contribution is 9.09. The van der Waals surface area contributed by atoms with E-state index in [2.05, 4.69) is 28.2 Å². The van der Waals surface area contributed by atoms with Crippen LogP contribution < -0.4 is 5.32 Å². The monoisotopic (exact) mass is 328 g/mol. The molecule has 1 unspecified atom stereocenters. The summed E-state index contributed by atoms with van der Waals surface area (Å²) in [5, 5.41) is 13.5. The first kappa shape index (κ1) is 15.6. The molecule has 0 heterocycles. The number of rotatable bonds is 6. The van der Waals surface area contributed by atoms with Crippen LogP contribution in [0.15, 0.2) is 18.2 Å². The number of nitro groups is 1. The molecule has 0 bridgehead atoms. The molecule has 0 radical (unpaired) electrons. The molecule has 1 N–H and O–H groups in total. The molecular weight excluding hydrogens is 312 g/mol. The number of alkyl halides is 1. The van der Waals surface area contributed by atoms with Crippen molar-refractivity contribution in [2.24, 2.45) is 0 Å². The number of nitro benzene ring substituents is 1. The first-order chi connectivity index (χ1) is 8.93. The third-order valence-electron chi connectivity index (χ3n) is 2.72. The minimum atomic E-state index is -0.491. The predicted octanol–water partition coefficient (Wildman–Crippen LogP) is 3.20. The molecular formula is C13H17BrN2O3. The van der Waals surface area contributed by atoms with Gasteiger partial charge in [0.25, 0.3) is 11.6 Å². The molecule has 0 aliphatic rings. The lowest BCUT2D eigenvalue weighted by Crippen LogP contribution is -2.26. The van der Waals surface area contributed by atoms with Crippen molar-refractivity contribution >= 4 is 27.5 Å². The average Bonchev–Trinajstić information content (AvgIpc) is 2.37. The standard InChI is InChI=1S/C13H17BrN2O3/c1-3-11(14)4-5-15-13(17)10-6-9(2)7-12(8-10)16(18)19/h6-8,11H,3-5H2,1-2H3,(H,15,17). The molecule has 0 fully saturated rings. The molecule has 0 aliphatic heterocycles. The van der Waals surface area contributed by atoms with Crippen molar-refractivity contribution in [1.82, 2.24) is 5.32 Å². The summed E-state index contributed by atoms with van der Waals surface area (Å²) in [6.45, 7) is 4.34. The molecule has 0 aliphatic carbocycles. The van der Waals surface area contributed by atoms with E-state index in [1.807, 2.05) is 0 Å². The number of nitrogens with zero attached hydrogens (tertiary/aromatic N) is 1. The second-order valence-corrected chi connectivity index (χ2v) is 5.66. The zero-order valence-corrected chi connectivity index (χ0v) is 12.6. The summed E-state index contributed by atoms with van der Waals surface area (Å²) >= 11 is 3.48. The molecule has 0 saturated carbocycles. The van der Waals surface area contributed by atoms with Gasteiger partial charge in [-0.25, -0.2) is 0 Å². The van der Waals surface area contributed by atoms with Crippen LogP contribution in [0.4, 0.5) is 5.69 Å². The average molecular weight is 329 g/mol. The van der Waals surface area contributed by atoms with Crippen molar-refractivity contribution in [2.75, 3.05) is 6.54 Å². The fourth-order valence-electron chi connectivity index (χ4n) is 1.65. The molecule has 1 atom stereocenters. The Kier molecular flexibility index (Phi) is 5.95. The second kappa shape index (κ2) is 7.23. The number of nitrogens with one attached hydrogen (secondary N) is 1. The van der Waals surface area contributed by atoms with E-state index in [1.54, 1.807) is 13.0 Å². The van der Waals surface area contributed by atoms with E-state index in [0.29, 0.717) is 22.5 Å². The van der Waals surface area contributed by atoms with Gasteiger partial charge in [-0.2, -0.15) is 0 Å². The van der Waals surface area contributed by atoms with E-state index in [-0.39, 0.29) is 11.6 Å². The van der Waals surface area contributed by atoms with Gasteiger partial charge in [-0.1, -0.05) is 22.9 Å². The molecule has 0 spiro atoms. The van der Waals surface area contributed by atoms with Crippen molar-refractivity contribution in [3.05, 3.63) is 39.4 Å². The van der Waals surface area contributed by atoms with Crippen LogP contribution in [0.1, 0.15) is 35.7 Å². The van der Waals surface area contributed by atoms with Crippen LogP contribution in [0.5, 0.6) is 0 Å². The Morgan fingerprint density at radius 1 is 1.47 bits per heavy atom. The summed E-state index contributed by atoms with van der Waals surface area (Å²) in [7, 11) is 0. The first-order valence-corrected chi connectivity index (χ1v) is 7.04. The van der Waals surface area contributed by atoms with E-state index in [0.717, 1.165) is 12.8 Å². The summed E-state index contributed by atoms with van der Waals surface area (Å²) in [4.78, 5) is 22.5. The topological polar surface area (TPSA) is 72.2 Å². The highest BCUT2D eigenvalue weighted by atomic mass is 79.9. The number of carbonyl (C=O) groups excluding carboxylic acids is 1. The normalized spacial score (nSPS) is 11.9. The first-order valence-electron chi connectivity index (χ1n) is 6.12. The van der Waals surface area contributed by atoms with Crippen LogP contribution >= 0.6 is 15.9 Å². The van der Waals surface area contributed by atoms with Gasteiger partial charge in [0.1, 0.15) is 0 Å². The van der Waals surface area contributed by atoms with E-state index in [4.69, 9.17) is 0 Å². The fourth-order valence-corrected chi connectivity index (χ4v) is 1.88. The van der Waals surface area contributed by atoms with Gasteiger partial charge in [0.2, 0.25) is 0 Å². The highest BCUT2D eigenvalue weighted by Crippen LogP contribution is 2.16. The van der Waals surface area contributed by atoms with E-state index < -0.39 is 4.92 Å². The second-order valence-electron chi connectivity index (χ2n) is 4.36. The minimum absolute atomic E-state index is 0.0583. The van der Waals surface area contributed by atoms with E-state index in [1.165, 1.54) is 12.1 Å². The fraction of sp³-hybridized carbons (Fsp3) is 0.462. The molecule has 5 nitrogen and oxygen atoms in total. The maximum Gasteiger partial charge on any atom is 0.270 e. The molecule has 19 heavy (non-hydrogen) atoms. The third-order valence-corrected chi connectivity index (χ3v) is 3.83. The van der Waals surface area contributed by atoms with Gasteiger partial charge >= 0.3 is 0 Å². The maximum absolute atomic E-state index is 11.9. The molecule has 0 aromatic heterocycles. The Bertz CT molecular complexity index is 477. The number of carbonyl (C=O) groups is 1. The van der Waals surface area contributed by atoms with Crippen LogP contribution in [0.3, 0.4) is 0 Å². The van der Waals surface area contributed by atoms with Crippen molar-refractivity contribution in [3.63, 3.8) is 0 Å². The summed E-state index contributed by atoms with van der Waals surface area (Å²) in [5.74, 6) is -0.275. The smallest absolute Gasteiger partial charge is 0.270 e. The SMILES string of the molecule is CCC(Br)CCNC(=O)c1cc(C)cc([N+](=O)[O-])c1. The van der Waals surface area contributed by atoms with Gasteiger partial charge in [-0.15, -0.1) is 0 Å².